The van der Waals surface area contributed by atoms with Crippen LogP contribution in [0.25, 0.3) is 0 Å². The van der Waals surface area contributed by atoms with Gasteiger partial charge in [0.25, 0.3) is 5.56 Å². The summed E-state index contributed by atoms with van der Waals surface area (Å²) >= 11 is 0. The molecule has 0 radical (unpaired) electrons. The average Bonchev–Trinajstić information content (AvgIpc) is 2.52. The first-order valence-corrected chi connectivity index (χ1v) is 5.36. The molecule has 1 aromatic heterocycles. The van der Waals surface area contributed by atoms with Gasteiger partial charge >= 0.3 is 5.69 Å². The predicted octanol–water partition coefficient (Wildman–Crippen LogP) is -1.41. The number of fused-ring (bicyclic) bond motifs is 1. The van der Waals surface area contributed by atoms with Crippen molar-refractivity contribution in [3.05, 3.63) is 33.1 Å². The molecule has 1 unspecified atom stereocenters. The van der Waals surface area contributed by atoms with Crippen LogP contribution in [0, 0.1) is 0 Å². The van der Waals surface area contributed by atoms with Crippen LogP contribution >= 0.6 is 0 Å². The third kappa shape index (κ3) is 1.47. The minimum atomic E-state index is -0.680. The molecule has 2 aliphatic rings. The van der Waals surface area contributed by atoms with Crippen LogP contribution in [-0.4, -0.2) is 39.6 Å². The van der Waals surface area contributed by atoms with E-state index in [-0.39, 0.29) is 12.7 Å². The zero-order valence-corrected chi connectivity index (χ0v) is 8.96. The van der Waals surface area contributed by atoms with Gasteiger partial charge in [0.2, 0.25) is 0 Å². The van der Waals surface area contributed by atoms with Crippen molar-refractivity contribution in [1.82, 2.24) is 9.55 Å². The molecule has 92 valence electrons. The first-order chi connectivity index (χ1) is 8.14. The van der Waals surface area contributed by atoms with Gasteiger partial charge in [-0.1, -0.05) is 0 Å². The minimum absolute atomic E-state index is 0.133. The Balaban J connectivity index is 1.92. The van der Waals surface area contributed by atoms with Crippen LogP contribution in [0.1, 0.15) is 12.6 Å². The summed E-state index contributed by atoms with van der Waals surface area (Å²) in [5.41, 5.74) is -1.64. The summed E-state index contributed by atoms with van der Waals surface area (Å²) in [4.78, 5) is 24.7. The van der Waals surface area contributed by atoms with Gasteiger partial charge in [-0.15, -0.1) is 0 Å². The molecule has 2 N–H and O–H groups in total. The van der Waals surface area contributed by atoms with Gasteiger partial charge in [-0.25, -0.2) is 4.79 Å². The van der Waals surface area contributed by atoms with Gasteiger partial charge in [-0.05, 0) is 0 Å². The lowest BCUT2D eigenvalue weighted by Gasteiger charge is -2.41. The number of aliphatic hydroxyl groups is 1. The Bertz CT molecular complexity index is 546. The smallest absolute Gasteiger partial charge is 0.330 e. The Kier molecular flexibility index (Phi) is 2.22. The van der Waals surface area contributed by atoms with E-state index in [1.54, 1.807) is 0 Å². The number of aromatic amines is 1. The maximum Gasteiger partial charge on any atom is 0.330 e. The van der Waals surface area contributed by atoms with E-state index in [0.717, 1.165) is 0 Å². The molecule has 3 rings (SSSR count). The van der Waals surface area contributed by atoms with Gasteiger partial charge in [0.1, 0.15) is 11.8 Å². The molecule has 17 heavy (non-hydrogen) atoms. The van der Waals surface area contributed by atoms with Crippen LogP contribution in [0.5, 0.6) is 0 Å². The molecule has 7 nitrogen and oxygen atoms in total. The molecule has 0 amide bonds. The fourth-order valence-corrected chi connectivity index (χ4v) is 2.29. The lowest BCUT2D eigenvalue weighted by Crippen LogP contribution is -2.58. The lowest BCUT2D eigenvalue weighted by molar-refractivity contribution is -0.242. The molecule has 0 aromatic carbocycles. The molecule has 2 saturated heterocycles. The Hall–Kier alpha value is -1.44. The second kappa shape index (κ2) is 3.52. The molecule has 0 aliphatic carbocycles. The zero-order chi connectivity index (χ0) is 12.0. The molecule has 1 aromatic rings. The second-order valence-electron chi connectivity index (χ2n) is 4.35. The minimum Gasteiger partial charge on any atom is -0.393 e. The first kappa shape index (κ1) is 10.7. The molecule has 3 atom stereocenters. The molecular weight excluding hydrogens is 228 g/mol. The summed E-state index contributed by atoms with van der Waals surface area (Å²) in [6.07, 6.45) is 1.20. The average molecular weight is 240 g/mol. The van der Waals surface area contributed by atoms with Gasteiger partial charge in [-0.2, -0.15) is 0 Å². The zero-order valence-electron chi connectivity index (χ0n) is 8.96. The summed E-state index contributed by atoms with van der Waals surface area (Å²) in [5, 5.41) is 9.27. The number of hydrogen-bond donors (Lipinski definition) is 2. The molecule has 2 aliphatic heterocycles. The van der Waals surface area contributed by atoms with E-state index in [1.807, 2.05) is 0 Å². The number of nitrogens with one attached hydrogen (secondary N) is 1. The number of hydrogen-bond acceptors (Lipinski definition) is 5. The lowest BCUT2D eigenvalue weighted by atomic mass is 9.93. The Morgan fingerprint density at radius 3 is 2.94 bits per heavy atom. The van der Waals surface area contributed by atoms with Crippen LogP contribution in [0.4, 0.5) is 0 Å². The fraction of sp³-hybridized carbons (Fsp3) is 0.600. The summed E-state index contributed by atoms with van der Waals surface area (Å²) in [6, 6.07) is 1.26. The monoisotopic (exact) mass is 240 g/mol. The number of aliphatic hydroxyl groups excluding tert-OH is 1. The summed E-state index contributed by atoms with van der Waals surface area (Å²) in [7, 11) is 0. The quantitative estimate of drug-likeness (QED) is 0.662. The highest BCUT2D eigenvalue weighted by Crippen LogP contribution is 2.44. The Morgan fingerprint density at radius 2 is 2.41 bits per heavy atom. The van der Waals surface area contributed by atoms with E-state index < -0.39 is 23.1 Å². The number of nitrogens with zero attached hydrogens (tertiary/aromatic N) is 1. The van der Waals surface area contributed by atoms with Crippen LogP contribution in [0.3, 0.4) is 0 Å². The van der Waals surface area contributed by atoms with Crippen molar-refractivity contribution >= 4 is 0 Å². The Morgan fingerprint density at radius 1 is 1.59 bits per heavy atom. The maximum atomic E-state index is 11.6. The van der Waals surface area contributed by atoms with Gasteiger partial charge < -0.3 is 14.6 Å². The van der Waals surface area contributed by atoms with Gasteiger partial charge in [-0.3, -0.25) is 14.3 Å². The summed E-state index contributed by atoms with van der Waals surface area (Å²) in [5.74, 6) is 0. The van der Waals surface area contributed by atoms with Crippen LogP contribution in [0.2, 0.25) is 0 Å². The summed E-state index contributed by atoms with van der Waals surface area (Å²) in [6.45, 7) is 0.203. The van der Waals surface area contributed by atoms with E-state index in [1.165, 1.54) is 16.8 Å². The van der Waals surface area contributed by atoms with Crippen molar-refractivity contribution in [2.24, 2.45) is 0 Å². The molecule has 0 saturated carbocycles. The number of H-pyrrole nitrogens is 1. The normalized spacial score (nSPS) is 35.4. The fourth-order valence-electron chi connectivity index (χ4n) is 2.29. The van der Waals surface area contributed by atoms with E-state index >= 15 is 0 Å². The van der Waals surface area contributed by atoms with Crippen molar-refractivity contribution in [1.29, 1.82) is 0 Å². The van der Waals surface area contributed by atoms with Crippen molar-refractivity contribution in [2.45, 2.75) is 24.4 Å². The second-order valence-corrected chi connectivity index (χ2v) is 4.35. The third-order valence-electron chi connectivity index (χ3n) is 3.33. The van der Waals surface area contributed by atoms with Crippen molar-refractivity contribution in [3.63, 3.8) is 0 Å². The van der Waals surface area contributed by atoms with Crippen molar-refractivity contribution in [2.75, 3.05) is 13.2 Å². The molecular formula is C10H12N2O5. The standard InChI is InChI=1S/C10H12N2O5/c13-4-10-5-16-6(10)3-8(17-10)12-2-1-7(14)11-9(12)15/h1-2,6,8,13H,3-5H2,(H,11,14,15)/t6?,8-,10+/m1/s1. The molecule has 3 heterocycles. The first-order valence-electron chi connectivity index (χ1n) is 5.36. The van der Waals surface area contributed by atoms with Crippen LogP contribution in [0.15, 0.2) is 21.9 Å². The largest absolute Gasteiger partial charge is 0.393 e. The highest BCUT2D eigenvalue weighted by Gasteiger charge is 2.57. The Labute approximate surface area is 95.6 Å². The van der Waals surface area contributed by atoms with Gasteiger partial charge in [0, 0.05) is 18.7 Å². The van der Waals surface area contributed by atoms with Crippen LogP contribution in [-0.2, 0) is 9.47 Å². The molecule has 7 heteroatoms. The number of rotatable bonds is 2. The van der Waals surface area contributed by atoms with Crippen LogP contribution < -0.4 is 11.2 Å². The summed E-state index contributed by atoms with van der Waals surface area (Å²) < 4.78 is 12.3. The number of ether oxygens (including phenoxy) is 2. The number of aromatic nitrogens is 2. The van der Waals surface area contributed by atoms with E-state index in [0.29, 0.717) is 13.0 Å². The van der Waals surface area contributed by atoms with Gasteiger partial charge in [0.05, 0.1) is 19.3 Å². The molecule has 0 bridgehead atoms. The predicted molar refractivity (Wildman–Crippen MR) is 55.6 cm³/mol. The highest BCUT2D eigenvalue weighted by atomic mass is 16.6. The molecule has 0 spiro atoms. The SMILES string of the molecule is O=c1ccn([C@H]2CC3OC[C@]3(CO)O2)c(=O)[nH]1. The van der Waals surface area contributed by atoms with E-state index in [4.69, 9.17) is 9.47 Å². The van der Waals surface area contributed by atoms with E-state index in [2.05, 4.69) is 4.98 Å². The third-order valence-corrected chi connectivity index (χ3v) is 3.33. The van der Waals surface area contributed by atoms with Gasteiger partial charge in [0.15, 0.2) is 0 Å². The maximum absolute atomic E-state index is 11.6. The topological polar surface area (TPSA) is 93.5 Å². The van der Waals surface area contributed by atoms with E-state index in [9.17, 15) is 14.7 Å². The highest BCUT2D eigenvalue weighted by molar-refractivity contribution is 5.03. The van der Waals surface area contributed by atoms with Crippen molar-refractivity contribution < 1.29 is 14.6 Å². The van der Waals surface area contributed by atoms with Crippen molar-refractivity contribution in [3.8, 4) is 0 Å². The molecule has 2 fully saturated rings.